The van der Waals surface area contributed by atoms with E-state index in [1.165, 1.54) is 0 Å². The third-order valence-corrected chi connectivity index (χ3v) is 2.31. The third-order valence-electron chi connectivity index (χ3n) is 2.31. The molecule has 2 rings (SSSR count). The van der Waals surface area contributed by atoms with Crippen LogP contribution in [-0.4, -0.2) is 25.0 Å². The summed E-state index contributed by atoms with van der Waals surface area (Å²) < 4.78 is 3.52. The highest BCUT2D eigenvalue weighted by Crippen LogP contribution is 2.02. The standard InChI is InChI=1S/C10H13N5O/c1-8-11-4-6-15(8)7-9(16)13-10-12-3-5-14(10)2/h3-6H,7H2,1-2H3,(H,12,13,16). The normalized spacial score (nSPS) is 10.4. The molecule has 6 nitrogen and oxygen atoms in total. The second kappa shape index (κ2) is 4.18. The molecule has 2 aromatic rings. The number of hydrogen-bond donors (Lipinski definition) is 1. The van der Waals surface area contributed by atoms with Crippen molar-refractivity contribution in [3.05, 3.63) is 30.6 Å². The quantitative estimate of drug-likeness (QED) is 0.820. The Morgan fingerprint density at radius 2 is 2.12 bits per heavy atom. The van der Waals surface area contributed by atoms with Crippen LogP contribution in [0, 0.1) is 6.92 Å². The molecule has 0 aliphatic carbocycles. The molecule has 16 heavy (non-hydrogen) atoms. The van der Waals surface area contributed by atoms with Crippen LogP contribution in [0.4, 0.5) is 5.95 Å². The third kappa shape index (κ3) is 2.10. The molecule has 0 saturated carbocycles. The van der Waals surface area contributed by atoms with Crippen LogP contribution in [0.5, 0.6) is 0 Å². The van der Waals surface area contributed by atoms with E-state index in [1.807, 2.05) is 14.0 Å². The van der Waals surface area contributed by atoms with Crippen molar-refractivity contribution >= 4 is 11.9 Å². The summed E-state index contributed by atoms with van der Waals surface area (Å²) in [6, 6.07) is 0. The number of aryl methyl sites for hydroxylation is 2. The van der Waals surface area contributed by atoms with Crippen molar-refractivity contribution in [2.45, 2.75) is 13.5 Å². The van der Waals surface area contributed by atoms with E-state index in [1.54, 1.807) is 33.9 Å². The molecule has 0 aliphatic rings. The number of amides is 1. The van der Waals surface area contributed by atoms with E-state index >= 15 is 0 Å². The first-order valence-electron chi connectivity index (χ1n) is 4.92. The average Bonchev–Trinajstić information content (AvgIpc) is 2.79. The zero-order valence-electron chi connectivity index (χ0n) is 9.21. The van der Waals surface area contributed by atoms with Gasteiger partial charge >= 0.3 is 0 Å². The number of nitrogens with one attached hydrogen (secondary N) is 1. The first-order valence-corrected chi connectivity index (χ1v) is 4.92. The molecule has 2 aromatic heterocycles. The number of aromatic nitrogens is 4. The zero-order chi connectivity index (χ0) is 11.5. The van der Waals surface area contributed by atoms with Gasteiger partial charge in [0.1, 0.15) is 12.4 Å². The van der Waals surface area contributed by atoms with Crippen molar-refractivity contribution in [2.75, 3.05) is 5.32 Å². The lowest BCUT2D eigenvalue weighted by molar-refractivity contribution is -0.116. The van der Waals surface area contributed by atoms with Crippen molar-refractivity contribution in [1.29, 1.82) is 0 Å². The van der Waals surface area contributed by atoms with Crippen LogP contribution in [-0.2, 0) is 18.4 Å². The summed E-state index contributed by atoms with van der Waals surface area (Å²) in [6.45, 7) is 2.10. The predicted octanol–water partition coefficient (Wildman–Crippen LogP) is 0.564. The van der Waals surface area contributed by atoms with Gasteiger partial charge in [-0.2, -0.15) is 0 Å². The lowest BCUT2D eigenvalue weighted by Crippen LogP contribution is -2.20. The summed E-state index contributed by atoms with van der Waals surface area (Å²) in [5.74, 6) is 1.24. The Hall–Kier alpha value is -2.11. The van der Waals surface area contributed by atoms with Gasteiger partial charge in [-0.05, 0) is 6.92 Å². The van der Waals surface area contributed by atoms with Crippen molar-refractivity contribution in [2.24, 2.45) is 7.05 Å². The fraction of sp³-hybridized carbons (Fsp3) is 0.300. The van der Waals surface area contributed by atoms with Crippen LogP contribution in [0.2, 0.25) is 0 Å². The van der Waals surface area contributed by atoms with Crippen LogP contribution in [0.15, 0.2) is 24.8 Å². The van der Waals surface area contributed by atoms with Gasteiger partial charge < -0.3 is 9.13 Å². The molecule has 0 fully saturated rings. The summed E-state index contributed by atoms with van der Waals surface area (Å²) in [7, 11) is 1.82. The molecule has 0 unspecified atom stereocenters. The van der Waals surface area contributed by atoms with Crippen LogP contribution in [0.3, 0.4) is 0 Å². The molecule has 0 aromatic carbocycles. The highest BCUT2D eigenvalue weighted by atomic mass is 16.2. The molecule has 1 N–H and O–H groups in total. The Labute approximate surface area is 92.9 Å². The maximum absolute atomic E-state index is 11.7. The van der Waals surface area contributed by atoms with Gasteiger partial charge in [0.15, 0.2) is 0 Å². The molecule has 0 spiro atoms. The molecule has 0 bridgehead atoms. The van der Waals surface area contributed by atoms with Gasteiger partial charge in [-0.1, -0.05) is 0 Å². The number of carbonyl (C=O) groups is 1. The Morgan fingerprint density at radius 3 is 2.69 bits per heavy atom. The van der Waals surface area contributed by atoms with E-state index in [4.69, 9.17) is 0 Å². The van der Waals surface area contributed by atoms with E-state index < -0.39 is 0 Å². The molecule has 2 heterocycles. The highest BCUT2D eigenvalue weighted by Gasteiger charge is 2.07. The molecule has 6 heteroatoms. The average molecular weight is 219 g/mol. The highest BCUT2D eigenvalue weighted by molar-refractivity contribution is 5.88. The maximum atomic E-state index is 11.7. The number of carbonyl (C=O) groups excluding carboxylic acids is 1. The molecule has 84 valence electrons. The maximum Gasteiger partial charge on any atom is 0.246 e. The van der Waals surface area contributed by atoms with Gasteiger partial charge in [-0.15, -0.1) is 0 Å². The van der Waals surface area contributed by atoms with Crippen LogP contribution >= 0.6 is 0 Å². The van der Waals surface area contributed by atoms with E-state index in [-0.39, 0.29) is 12.5 Å². The molecular formula is C10H13N5O. The summed E-state index contributed by atoms with van der Waals surface area (Å²) in [5.41, 5.74) is 0. The summed E-state index contributed by atoms with van der Waals surface area (Å²) >= 11 is 0. The van der Waals surface area contributed by atoms with E-state index in [2.05, 4.69) is 15.3 Å². The largest absolute Gasteiger partial charge is 0.326 e. The molecule has 0 radical (unpaired) electrons. The van der Waals surface area contributed by atoms with Gasteiger partial charge in [-0.25, -0.2) is 9.97 Å². The molecule has 0 saturated heterocycles. The number of hydrogen-bond acceptors (Lipinski definition) is 3. The second-order valence-corrected chi connectivity index (χ2v) is 3.51. The first kappa shape index (κ1) is 10.4. The zero-order valence-corrected chi connectivity index (χ0v) is 9.21. The minimum Gasteiger partial charge on any atom is -0.326 e. The van der Waals surface area contributed by atoms with E-state index in [0.29, 0.717) is 5.95 Å². The molecule has 0 aliphatic heterocycles. The van der Waals surface area contributed by atoms with Gasteiger partial charge in [0, 0.05) is 31.8 Å². The van der Waals surface area contributed by atoms with Crippen molar-refractivity contribution in [3.63, 3.8) is 0 Å². The Balaban J connectivity index is 2.00. The number of rotatable bonds is 3. The lowest BCUT2D eigenvalue weighted by Gasteiger charge is -2.06. The fourth-order valence-electron chi connectivity index (χ4n) is 1.38. The molecule has 1 amide bonds. The Bertz CT molecular complexity index is 455. The number of anilines is 1. The lowest BCUT2D eigenvalue weighted by atomic mass is 10.5. The molecular weight excluding hydrogens is 206 g/mol. The van der Waals surface area contributed by atoms with Crippen LogP contribution in [0.1, 0.15) is 5.82 Å². The van der Waals surface area contributed by atoms with E-state index in [9.17, 15) is 4.79 Å². The smallest absolute Gasteiger partial charge is 0.246 e. The summed E-state index contributed by atoms with van der Waals surface area (Å²) in [5, 5.41) is 2.72. The van der Waals surface area contributed by atoms with Crippen LogP contribution in [0.25, 0.3) is 0 Å². The Kier molecular flexibility index (Phi) is 2.72. The van der Waals surface area contributed by atoms with Gasteiger partial charge in [-0.3, -0.25) is 10.1 Å². The van der Waals surface area contributed by atoms with Gasteiger partial charge in [0.25, 0.3) is 0 Å². The minimum atomic E-state index is -0.115. The fourth-order valence-corrected chi connectivity index (χ4v) is 1.38. The van der Waals surface area contributed by atoms with Gasteiger partial charge in [0.05, 0.1) is 0 Å². The monoisotopic (exact) mass is 219 g/mol. The first-order chi connectivity index (χ1) is 7.66. The van der Waals surface area contributed by atoms with Crippen LogP contribution < -0.4 is 5.32 Å². The molecule has 0 atom stereocenters. The minimum absolute atomic E-state index is 0.115. The predicted molar refractivity (Wildman–Crippen MR) is 58.8 cm³/mol. The van der Waals surface area contributed by atoms with E-state index in [0.717, 1.165) is 5.82 Å². The summed E-state index contributed by atoms with van der Waals surface area (Å²) in [4.78, 5) is 19.7. The second-order valence-electron chi connectivity index (χ2n) is 3.51. The Morgan fingerprint density at radius 1 is 1.38 bits per heavy atom. The summed E-state index contributed by atoms with van der Waals surface area (Å²) in [6.07, 6.45) is 6.85. The van der Waals surface area contributed by atoms with Crippen molar-refractivity contribution in [1.82, 2.24) is 19.1 Å². The topological polar surface area (TPSA) is 64.7 Å². The van der Waals surface area contributed by atoms with Crippen molar-refractivity contribution in [3.8, 4) is 0 Å². The SMILES string of the molecule is Cc1nccn1CC(=O)Nc1nccn1C. The number of imidazole rings is 2. The van der Waals surface area contributed by atoms with Crippen molar-refractivity contribution < 1.29 is 4.79 Å². The number of nitrogens with zero attached hydrogens (tertiary/aromatic N) is 4. The van der Waals surface area contributed by atoms with Gasteiger partial charge in [0.2, 0.25) is 11.9 Å².